The van der Waals surface area contributed by atoms with Gasteiger partial charge < -0.3 is 10.1 Å². The number of carbonyl (C=O) groups is 1. The summed E-state index contributed by atoms with van der Waals surface area (Å²) in [7, 11) is 0. The first-order chi connectivity index (χ1) is 10.2. The second kappa shape index (κ2) is 7.48. The molecule has 2 atom stereocenters. The Labute approximate surface area is 126 Å². The predicted octanol–water partition coefficient (Wildman–Crippen LogP) is 3.37. The number of para-hydroxylation sites is 1. The van der Waals surface area contributed by atoms with Gasteiger partial charge in [0.15, 0.2) is 6.10 Å². The van der Waals surface area contributed by atoms with Gasteiger partial charge in [-0.3, -0.25) is 4.79 Å². The van der Waals surface area contributed by atoms with Crippen LogP contribution < -0.4 is 10.1 Å². The molecule has 0 saturated carbocycles. The lowest BCUT2D eigenvalue weighted by molar-refractivity contribution is -0.127. The molecule has 2 rings (SSSR count). The SMILES string of the molecule is C[C@H](Oc1ccccc1)C(=O)NC[C@@H](C)c1ccccc1. The molecule has 1 amide bonds. The summed E-state index contributed by atoms with van der Waals surface area (Å²) in [5.74, 6) is 0.886. The van der Waals surface area contributed by atoms with Crippen LogP contribution in [0.5, 0.6) is 5.75 Å². The minimum Gasteiger partial charge on any atom is -0.481 e. The van der Waals surface area contributed by atoms with Crippen molar-refractivity contribution >= 4 is 5.91 Å². The number of ether oxygens (including phenoxy) is 1. The van der Waals surface area contributed by atoms with E-state index in [0.29, 0.717) is 12.3 Å². The Morgan fingerprint density at radius 2 is 1.57 bits per heavy atom. The summed E-state index contributed by atoms with van der Waals surface area (Å²) in [5.41, 5.74) is 1.22. The summed E-state index contributed by atoms with van der Waals surface area (Å²) in [5, 5.41) is 2.94. The molecule has 0 aromatic heterocycles. The highest BCUT2D eigenvalue weighted by Crippen LogP contribution is 2.14. The van der Waals surface area contributed by atoms with Crippen LogP contribution in [-0.4, -0.2) is 18.6 Å². The van der Waals surface area contributed by atoms with E-state index in [-0.39, 0.29) is 11.8 Å². The predicted molar refractivity (Wildman–Crippen MR) is 84.4 cm³/mol. The minimum atomic E-state index is -0.504. The van der Waals surface area contributed by atoms with Gasteiger partial charge in [-0.2, -0.15) is 0 Å². The highest BCUT2D eigenvalue weighted by Gasteiger charge is 2.15. The van der Waals surface area contributed by atoms with Crippen LogP contribution >= 0.6 is 0 Å². The summed E-state index contributed by atoms with van der Waals surface area (Å²) in [6, 6.07) is 19.5. The fourth-order valence-electron chi connectivity index (χ4n) is 2.05. The summed E-state index contributed by atoms with van der Waals surface area (Å²) >= 11 is 0. The fraction of sp³-hybridized carbons (Fsp3) is 0.278. The molecule has 21 heavy (non-hydrogen) atoms. The molecular formula is C18H21NO2. The standard InChI is InChI=1S/C18H21NO2/c1-14(16-9-5-3-6-10-16)13-19-18(20)15(2)21-17-11-7-4-8-12-17/h3-12,14-15H,13H2,1-2H3,(H,19,20)/t14-,15+/m1/s1. The topological polar surface area (TPSA) is 38.3 Å². The van der Waals surface area contributed by atoms with Gasteiger partial charge in [-0.1, -0.05) is 55.5 Å². The molecular weight excluding hydrogens is 262 g/mol. The molecule has 0 unspecified atom stereocenters. The van der Waals surface area contributed by atoms with E-state index in [1.807, 2.05) is 48.5 Å². The monoisotopic (exact) mass is 283 g/mol. The summed E-state index contributed by atoms with van der Waals surface area (Å²) in [6.45, 7) is 4.46. The molecule has 0 spiro atoms. The lowest BCUT2D eigenvalue weighted by Gasteiger charge is -2.17. The second-order valence-corrected chi connectivity index (χ2v) is 5.13. The first-order valence-corrected chi connectivity index (χ1v) is 7.21. The number of benzene rings is 2. The third kappa shape index (κ3) is 4.63. The van der Waals surface area contributed by atoms with E-state index < -0.39 is 6.10 Å². The van der Waals surface area contributed by atoms with Crippen LogP contribution in [0.15, 0.2) is 60.7 Å². The van der Waals surface area contributed by atoms with Crippen molar-refractivity contribution in [1.82, 2.24) is 5.32 Å². The van der Waals surface area contributed by atoms with E-state index in [4.69, 9.17) is 4.74 Å². The first-order valence-electron chi connectivity index (χ1n) is 7.21. The van der Waals surface area contributed by atoms with Crippen molar-refractivity contribution < 1.29 is 9.53 Å². The normalized spacial score (nSPS) is 13.2. The molecule has 0 aliphatic carbocycles. The maximum absolute atomic E-state index is 12.0. The summed E-state index contributed by atoms with van der Waals surface area (Å²) in [4.78, 5) is 12.0. The van der Waals surface area contributed by atoms with Gasteiger partial charge in [0.25, 0.3) is 5.91 Å². The van der Waals surface area contributed by atoms with Gasteiger partial charge in [0.1, 0.15) is 5.75 Å². The van der Waals surface area contributed by atoms with Gasteiger partial charge in [-0.05, 0) is 30.5 Å². The molecule has 0 bridgehead atoms. The summed E-state index contributed by atoms with van der Waals surface area (Å²) in [6.07, 6.45) is -0.504. The molecule has 1 N–H and O–H groups in total. The van der Waals surface area contributed by atoms with Gasteiger partial charge in [-0.25, -0.2) is 0 Å². The largest absolute Gasteiger partial charge is 0.481 e. The molecule has 0 saturated heterocycles. The zero-order chi connectivity index (χ0) is 15.1. The van der Waals surface area contributed by atoms with Crippen LogP contribution in [0.2, 0.25) is 0 Å². The molecule has 0 heterocycles. The minimum absolute atomic E-state index is 0.0957. The molecule has 0 fully saturated rings. The van der Waals surface area contributed by atoms with Gasteiger partial charge in [0, 0.05) is 6.54 Å². The quantitative estimate of drug-likeness (QED) is 0.882. The average Bonchev–Trinajstić information content (AvgIpc) is 2.54. The number of hydrogen-bond acceptors (Lipinski definition) is 2. The Bertz CT molecular complexity index is 554. The smallest absolute Gasteiger partial charge is 0.260 e. The Morgan fingerprint density at radius 1 is 1.00 bits per heavy atom. The van der Waals surface area contributed by atoms with Crippen molar-refractivity contribution in [3.8, 4) is 5.75 Å². The first kappa shape index (κ1) is 15.1. The number of amides is 1. The maximum Gasteiger partial charge on any atom is 0.260 e. The third-order valence-corrected chi connectivity index (χ3v) is 3.38. The molecule has 0 radical (unpaired) electrons. The van der Waals surface area contributed by atoms with Crippen molar-refractivity contribution in [2.45, 2.75) is 25.9 Å². The lowest BCUT2D eigenvalue weighted by atomic mass is 10.0. The van der Waals surface area contributed by atoms with Crippen molar-refractivity contribution in [2.75, 3.05) is 6.54 Å². The zero-order valence-electron chi connectivity index (χ0n) is 12.5. The van der Waals surface area contributed by atoms with E-state index in [2.05, 4.69) is 24.4 Å². The van der Waals surface area contributed by atoms with Crippen LogP contribution in [0.1, 0.15) is 25.3 Å². The number of rotatable bonds is 6. The molecule has 3 nitrogen and oxygen atoms in total. The van der Waals surface area contributed by atoms with E-state index in [9.17, 15) is 4.79 Å². The summed E-state index contributed by atoms with van der Waals surface area (Å²) < 4.78 is 5.60. The molecule has 0 aliphatic rings. The molecule has 0 aliphatic heterocycles. The van der Waals surface area contributed by atoms with Crippen LogP contribution in [0, 0.1) is 0 Å². The van der Waals surface area contributed by atoms with Gasteiger partial charge in [0.05, 0.1) is 0 Å². The molecule has 110 valence electrons. The maximum atomic E-state index is 12.0. The van der Waals surface area contributed by atoms with Crippen molar-refractivity contribution in [3.63, 3.8) is 0 Å². The Morgan fingerprint density at radius 3 is 2.19 bits per heavy atom. The van der Waals surface area contributed by atoms with Crippen molar-refractivity contribution in [1.29, 1.82) is 0 Å². The van der Waals surface area contributed by atoms with Gasteiger partial charge in [-0.15, -0.1) is 0 Å². The van der Waals surface area contributed by atoms with Crippen molar-refractivity contribution in [2.24, 2.45) is 0 Å². The van der Waals surface area contributed by atoms with Crippen LogP contribution in [0.3, 0.4) is 0 Å². The van der Waals surface area contributed by atoms with Crippen LogP contribution in [0.25, 0.3) is 0 Å². The highest BCUT2D eigenvalue weighted by molar-refractivity contribution is 5.80. The lowest BCUT2D eigenvalue weighted by Crippen LogP contribution is -2.38. The molecule has 3 heteroatoms. The van der Waals surface area contributed by atoms with E-state index in [1.165, 1.54) is 5.56 Å². The average molecular weight is 283 g/mol. The van der Waals surface area contributed by atoms with Crippen molar-refractivity contribution in [3.05, 3.63) is 66.2 Å². The van der Waals surface area contributed by atoms with Gasteiger partial charge in [0.2, 0.25) is 0 Å². The number of hydrogen-bond donors (Lipinski definition) is 1. The molecule has 2 aromatic rings. The highest BCUT2D eigenvalue weighted by atomic mass is 16.5. The van der Waals surface area contributed by atoms with Crippen LogP contribution in [0.4, 0.5) is 0 Å². The van der Waals surface area contributed by atoms with Gasteiger partial charge >= 0.3 is 0 Å². The fourth-order valence-corrected chi connectivity index (χ4v) is 2.05. The molecule has 2 aromatic carbocycles. The third-order valence-electron chi connectivity index (χ3n) is 3.38. The van der Waals surface area contributed by atoms with Crippen LogP contribution in [-0.2, 0) is 4.79 Å². The van der Waals surface area contributed by atoms with E-state index in [1.54, 1.807) is 6.92 Å². The number of nitrogens with one attached hydrogen (secondary N) is 1. The van der Waals surface area contributed by atoms with E-state index in [0.717, 1.165) is 0 Å². The Hall–Kier alpha value is -2.29. The number of carbonyl (C=O) groups excluding carboxylic acids is 1. The second-order valence-electron chi connectivity index (χ2n) is 5.13. The van der Waals surface area contributed by atoms with E-state index >= 15 is 0 Å². The zero-order valence-corrected chi connectivity index (χ0v) is 12.5. The Kier molecular flexibility index (Phi) is 5.38. The Balaban J connectivity index is 1.81.